The molecule has 0 saturated carbocycles. The van der Waals surface area contributed by atoms with Crippen LogP contribution in [0.5, 0.6) is 0 Å². The third-order valence-corrected chi connectivity index (χ3v) is 13.4. The van der Waals surface area contributed by atoms with Crippen molar-refractivity contribution in [3.05, 3.63) is 242 Å². The first kappa shape index (κ1) is 21.0. The SMILES string of the molecule is [2H]c1c([2H])c([2H])c2c(-c3sc(-c4c([2H])c([2H])c([2H])c5c([2H])c([2H])c([2H])c([2H])c45)c(-c4c([2H])c([2H])c(-c5ccc(-c6ccc7ccc8cccnc8c7n6)c6ccccc56)c5c([2H])c([2H])c([2H])c([2H])c45)c3-c3c([2H])c([2H])c([2H])c4c([2H])c([2H])c([2H])c([2H])c34)c([2H])c([2H])c([2H])c2c1[2H]. The van der Waals surface area contributed by atoms with E-state index < -0.39 is 249 Å². The Balaban J connectivity index is 1.26. The minimum atomic E-state index is -1.05. The van der Waals surface area contributed by atoms with E-state index in [1.165, 1.54) is 0 Å². The summed E-state index contributed by atoms with van der Waals surface area (Å²) in [5, 5.41) is -2.64. The zero-order valence-electron chi connectivity index (χ0n) is 62.3. The quantitative estimate of drug-likeness (QED) is 0.155. The Labute approximate surface area is 441 Å². The Bertz CT molecular complexity index is 5980. The number of pyridine rings is 2. The number of hydrogen-bond donors (Lipinski definition) is 0. The van der Waals surface area contributed by atoms with Crippen molar-refractivity contribution in [2.24, 2.45) is 0 Å². The summed E-state index contributed by atoms with van der Waals surface area (Å²) in [6.45, 7) is 0. The number of fused-ring (bicyclic) bond motifs is 8. The fraction of sp³-hybridized carbons (Fsp3) is 0. The molecule has 3 heterocycles. The van der Waals surface area contributed by atoms with Gasteiger partial charge in [-0.3, -0.25) is 4.98 Å². The molecule has 0 fully saturated rings. The third kappa shape index (κ3) is 6.32. The molecule has 0 saturated heterocycles. The second-order valence-corrected chi connectivity index (χ2v) is 16.9. The van der Waals surface area contributed by atoms with Gasteiger partial charge in [-0.1, -0.05) is 224 Å². The largest absolute Gasteiger partial charge is 0.254 e. The first-order valence-electron chi connectivity index (χ1n) is 34.9. The molecule has 0 bridgehead atoms. The van der Waals surface area contributed by atoms with Gasteiger partial charge in [0.2, 0.25) is 0 Å². The van der Waals surface area contributed by atoms with E-state index in [1.807, 2.05) is 30.3 Å². The predicted octanol–water partition coefficient (Wildman–Crippen LogP) is 18.6. The second-order valence-electron chi connectivity index (χ2n) is 15.9. The van der Waals surface area contributed by atoms with Gasteiger partial charge in [-0.25, -0.2) is 4.98 Å². The molecule has 0 spiro atoms. The summed E-state index contributed by atoms with van der Waals surface area (Å²) in [7, 11) is 0. The van der Waals surface area contributed by atoms with Crippen LogP contribution in [0.1, 0.15) is 37.0 Å². The van der Waals surface area contributed by atoms with E-state index >= 15 is 0 Å². The van der Waals surface area contributed by atoms with E-state index in [2.05, 4.69) is 4.98 Å². The number of hydrogen-bond acceptors (Lipinski definition) is 3. The van der Waals surface area contributed by atoms with Crippen LogP contribution >= 0.6 is 11.3 Å². The van der Waals surface area contributed by atoms with Crippen molar-refractivity contribution in [1.29, 1.82) is 0 Å². The van der Waals surface area contributed by atoms with Crippen LogP contribution in [0.15, 0.2) is 242 Å². The van der Waals surface area contributed by atoms with Crippen LogP contribution in [0, 0.1) is 0 Å². The van der Waals surface area contributed by atoms with E-state index in [4.69, 9.17) is 16.0 Å². The third-order valence-electron chi connectivity index (χ3n) is 12.2. The number of rotatable bonds is 6. The zero-order valence-corrected chi connectivity index (χ0v) is 36.1. The van der Waals surface area contributed by atoms with Crippen LogP contribution in [0.3, 0.4) is 0 Å². The standard InChI is InChI=1S/C66H40N2S/c1-4-22-46-41(15-1)18-11-29-56(46)61-62(66(59-31-13-20-43-17-3-6-24-48(43)59)69-65(61)58-30-12-19-42-16-2-5-23-47(42)58)57-38-36-54(50-26-8-10-28-52(50)57)53-35-37-55(51-27-9-7-25-49(51)53)60-39-34-45-33-32-44-21-14-40-67-63(44)64(45)68-60/h1-40H/i1D,2D,3D,4D,5D,6D,8D,10D,11D,12D,13D,15D,16D,17D,18D,19D,20D,22D,23D,24D,26D,28D,29D,30D,31D,36D,38D. The molecule has 2 nitrogen and oxygen atoms in total. The summed E-state index contributed by atoms with van der Waals surface area (Å²) < 4.78 is 255. The van der Waals surface area contributed by atoms with Crippen LogP contribution in [0.2, 0.25) is 0 Å². The van der Waals surface area contributed by atoms with Crippen LogP contribution < -0.4 is 0 Å². The fourth-order valence-electron chi connectivity index (χ4n) is 9.17. The average molecular weight is 920 g/mol. The first-order chi connectivity index (χ1) is 45.5. The lowest BCUT2D eigenvalue weighted by atomic mass is 9.84. The Hall–Kier alpha value is -8.76. The molecule has 11 aromatic carbocycles. The number of benzene rings is 11. The normalized spacial score (nSPS) is 17.2. The van der Waals surface area contributed by atoms with Crippen molar-refractivity contribution in [1.82, 2.24) is 9.97 Å². The van der Waals surface area contributed by atoms with Gasteiger partial charge in [-0.15, -0.1) is 11.3 Å². The van der Waals surface area contributed by atoms with Crippen LogP contribution in [0.25, 0.3) is 141 Å². The van der Waals surface area contributed by atoms with E-state index in [-0.39, 0.29) is 11.1 Å². The van der Waals surface area contributed by atoms with Gasteiger partial charge in [0.05, 0.1) is 53.7 Å². The summed E-state index contributed by atoms with van der Waals surface area (Å²) >= 11 is 0.342. The molecule has 69 heavy (non-hydrogen) atoms. The molecule has 3 aromatic heterocycles. The lowest BCUT2D eigenvalue weighted by molar-refractivity contribution is 1.37. The molecule has 0 aliphatic rings. The topological polar surface area (TPSA) is 25.8 Å². The molecule has 14 aromatic rings. The fourth-order valence-corrected chi connectivity index (χ4v) is 10.5. The molecule has 0 atom stereocenters. The molecule has 0 aliphatic heterocycles. The van der Waals surface area contributed by atoms with Crippen molar-refractivity contribution in [3.8, 4) is 65.5 Å². The monoisotopic (exact) mass is 919 g/mol. The van der Waals surface area contributed by atoms with Crippen molar-refractivity contribution in [2.45, 2.75) is 0 Å². The second kappa shape index (κ2) is 16.0. The van der Waals surface area contributed by atoms with Gasteiger partial charge >= 0.3 is 0 Å². The maximum Gasteiger partial charge on any atom is 0.0972 e. The maximum atomic E-state index is 10.7. The molecular formula is C66H40N2S. The van der Waals surface area contributed by atoms with Crippen molar-refractivity contribution in [2.75, 3.05) is 0 Å². The van der Waals surface area contributed by atoms with Gasteiger partial charge in [0.1, 0.15) is 0 Å². The highest BCUT2D eigenvalue weighted by Gasteiger charge is 2.28. The summed E-state index contributed by atoms with van der Waals surface area (Å²) in [4.78, 5) is 8.50. The van der Waals surface area contributed by atoms with Crippen molar-refractivity contribution >= 4 is 87.0 Å². The highest BCUT2D eigenvalue weighted by molar-refractivity contribution is 7.20. The Morgan fingerprint density at radius 2 is 0.768 bits per heavy atom. The summed E-state index contributed by atoms with van der Waals surface area (Å²) in [6.07, 6.45) is 1.65. The Morgan fingerprint density at radius 3 is 1.41 bits per heavy atom. The molecular weight excluding hydrogens is 853 g/mol. The smallest absolute Gasteiger partial charge is 0.0972 e. The highest BCUT2D eigenvalue weighted by Crippen LogP contribution is 2.56. The van der Waals surface area contributed by atoms with Crippen molar-refractivity contribution in [3.63, 3.8) is 0 Å². The van der Waals surface area contributed by atoms with E-state index in [1.54, 1.807) is 48.7 Å². The predicted molar refractivity (Wildman–Crippen MR) is 295 cm³/mol. The molecule has 0 radical (unpaired) electrons. The molecule has 0 N–H and O–H groups in total. The molecule has 0 amide bonds. The van der Waals surface area contributed by atoms with Gasteiger partial charge < -0.3 is 0 Å². The zero-order chi connectivity index (χ0) is 68.9. The molecule has 3 heteroatoms. The van der Waals surface area contributed by atoms with Gasteiger partial charge in [0.15, 0.2) is 0 Å². The lowest BCUT2D eigenvalue weighted by Gasteiger charge is -2.18. The van der Waals surface area contributed by atoms with Gasteiger partial charge in [0.25, 0.3) is 0 Å². The number of aromatic nitrogens is 2. The Kier molecular flexibility index (Phi) is 4.86. The van der Waals surface area contributed by atoms with Gasteiger partial charge in [-0.2, -0.15) is 0 Å². The lowest BCUT2D eigenvalue weighted by Crippen LogP contribution is -1.93. The summed E-state index contributed by atoms with van der Waals surface area (Å²) in [5.74, 6) is 0. The van der Waals surface area contributed by atoms with E-state index in [0.717, 1.165) is 10.8 Å². The minimum absolute atomic E-state index is 0.132. The molecule has 320 valence electrons. The minimum Gasteiger partial charge on any atom is -0.254 e. The van der Waals surface area contributed by atoms with Crippen LogP contribution in [-0.2, 0) is 0 Å². The van der Waals surface area contributed by atoms with Gasteiger partial charge in [-0.05, 0) is 88.2 Å². The molecule has 0 aliphatic carbocycles. The average Bonchev–Trinajstić information content (AvgIpc) is 1.37. The van der Waals surface area contributed by atoms with Crippen LogP contribution in [0.4, 0.5) is 0 Å². The number of nitrogens with zero attached hydrogens (tertiary/aromatic N) is 2. The molecule has 0 unspecified atom stereocenters. The van der Waals surface area contributed by atoms with E-state index in [0.29, 0.717) is 44.4 Å². The Morgan fingerprint density at radius 1 is 0.304 bits per heavy atom. The summed E-state index contributed by atoms with van der Waals surface area (Å²) in [6, 6.07) is -3.70. The molecule has 14 rings (SSSR count). The van der Waals surface area contributed by atoms with Gasteiger partial charge in [0, 0.05) is 54.5 Å². The van der Waals surface area contributed by atoms with Crippen molar-refractivity contribution < 1.29 is 37.0 Å². The number of thiophene rings is 1. The highest BCUT2D eigenvalue weighted by atomic mass is 32.1. The van der Waals surface area contributed by atoms with Crippen LogP contribution in [-0.4, -0.2) is 9.97 Å². The van der Waals surface area contributed by atoms with E-state index in [9.17, 15) is 26.0 Å². The maximum absolute atomic E-state index is 10.7. The summed E-state index contributed by atoms with van der Waals surface area (Å²) in [5.41, 5.74) is -2.26. The first-order valence-corrected chi connectivity index (χ1v) is 22.2.